The van der Waals surface area contributed by atoms with Crippen LogP contribution in [0.15, 0.2) is 77.7 Å². The first-order chi connectivity index (χ1) is 18.1. The molecule has 0 fully saturated rings. The van der Waals surface area contributed by atoms with Crippen LogP contribution >= 0.6 is 11.6 Å². The summed E-state index contributed by atoms with van der Waals surface area (Å²) in [7, 11) is -4.12. The van der Waals surface area contributed by atoms with Gasteiger partial charge in [0.1, 0.15) is 12.6 Å². The van der Waals surface area contributed by atoms with E-state index in [2.05, 4.69) is 5.32 Å². The van der Waals surface area contributed by atoms with Crippen LogP contribution in [0.2, 0.25) is 5.02 Å². The monoisotopic (exact) mass is 555 g/mol. The maximum atomic E-state index is 13.9. The first-order valence-electron chi connectivity index (χ1n) is 12.5. The zero-order chi connectivity index (χ0) is 27.9. The summed E-state index contributed by atoms with van der Waals surface area (Å²) < 4.78 is 28.8. The van der Waals surface area contributed by atoms with Crippen LogP contribution in [0.1, 0.15) is 37.0 Å². The SMILES string of the molecule is CCCNC(=O)C(C)N(Cc1ccccc1C)C(=O)CN(c1ccc(Cl)cc1C)S(=O)(=O)c1ccccc1. The fourth-order valence-electron chi connectivity index (χ4n) is 4.08. The molecule has 9 heteroatoms. The van der Waals surface area contributed by atoms with Crippen molar-refractivity contribution >= 4 is 39.1 Å². The van der Waals surface area contributed by atoms with Crippen molar-refractivity contribution < 1.29 is 18.0 Å². The van der Waals surface area contributed by atoms with Crippen LogP contribution < -0.4 is 9.62 Å². The van der Waals surface area contributed by atoms with Crippen LogP contribution in [0.3, 0.4) is 0 Å². The summed E-state index contributed by atoms with van der Waals surface area (Å²) in [4.78, 5) is 28.4. The highest BCUT2D eigenvalue weighted by Crippen LogP contribution is 2.29. The van der Waals surface area contributed by atoms with Crippen molar-refractivity contribution in [2.75, 3.05) is 17.4 Å². The molecule has 202 valence electrons. The zero-order valence-corrected chi connectivity index (χ0v) is 23.7. The van der Waals surface area contributed by atoms with Gasteiger partial charge in [0.2, 0.25) is 11.8 Å². The smallest absolute Gasteiger partial charge is 0.264 e. The number of amides is 2. The minimum Gasteiger partial charge on any atom is -0.354 e. The van der Waals surface area contributed by atoms with E-state index in [0.717, 1.165) is 21.9 Å². The molecule has 0 spiro atoms. The quantitative estimate of drug-likeness (QED) is 0.357. The van der Waals surface area contributed by atoms with Crippen LogP contribution in [-0.4, -0.2) is 44.3 Å². The summed E-state index contributed by atoms with van der Waals surface area (Å²) in [5.74, 6) is -0.796. The Morgan fingerprint density at radius 2 is 1.61 bits per heavy atom. The van der Waals surface area contributed by atoms with Crippen molar-refractivity contribution in [3.05, 3.63) is 94.5 Å². The second-order valence-corrected chi connectivity index (χ2v) is 11.5. The van der Waals surface area contributed by atoms with E-state index < -0.39 is 28.5 Å². The molecular weight excluding hydrogens is 522 g/mol. The lowest BCUT2D eigenvalue weighted by molar-refractivity contribution is -0.139. The number of nitrogens with one attached hydrogen (secondary N) is 1. The summed E-state index contributed by atoms with van der Waals surface area (Å²) in [5, 5.41) is 3.30. The molecule has 1 unspecified atom stereocenters. The van der Waals surface area contributed by atoms with Crippen molar-refractivity contribution in [1.29, 1.82) is 0 Å². The summed E-state index contributed by atoms with van der Waals surface area (Å²) in [5.41, 5.74) is 2.78. The topological polar surface area (TPSA) is 86.8 Å². The molecular formula is C29H34ClN3O4S. The van der Waals surface area contributed by atoms with Crippen molar-refractivity contribution in [1.82, 2.24) is 10.2 Å². The number of hydrogen-bond acceptors (Lipinski definition) is 4. The van der Waals surface area contributed by atoms with Gasteiger partial charge in [-0.3, -0.25) is 13.9 Å². The fourth-order valence-corrected chi connectivity index (χ4v) is 5.81. The number of rotatable bonds is 11. The fraction of sp³-hybridized carbons (Fsp3) is 0.310. The van der Waals surface area contributed by atoms with E-state index in [9.17, 15) is 18.0 Å². The Hall–Kier alpha value is -3.36. The van der Waals surface area contributed by atoms with Crippen LogP contribution in [0, 0.1) is 13.8 Å². The molecule has 2 amide bonds. The molecule has 7 nitrogen and oxygen atoms in total. The third kappa shape index (κ3) is 6.94. The first kappa shape index (κ1) is 29.2. The highest BCUT2D eigenvalue weighted by atomic mass is 35.5. The van der Waals surface area contributed by atoms with Gasteiger partial charge in [-0.15, -0.1) is 0 Å². The standard InChI is InChI=1S/C29H34ClN3O4S/c1-5-17-31-29(35)23(4)32(19-24-12-10-9-11-21(24)2)28(34)20-33(27-16-15-25(30)18-22(27)3)38(36,37)26-13-7-6-8-14-26/h6-16,18,23H,5,17,19-20H2,1-4H3,(H,31,35). The molecule has 0 radical (unpaired) electrons. The molecule has 3 aromatic carbocycles. The van der Waals surface area contributed by atoms with E-state index in [1.807, 2.05) is 38.1 Å². The number of carbonyl (C=O) groups excluding carboxylic acids is 2. The van der Waals surface area contributed by atoms with Crippen LogP contribution in [0.5, 0.6) is 0 Å². The van der Waals surface area contributed by atoms with Crippen molar-refractivity contribution in [3.8, 4) is 0 Å². The van der Waals surface area contributed by atoms with Crippen molar-refractivity contribution in [3.63, 3.8) is 0 Å². The van der Waals surface area contributed by atoms with E-state index in [1.54, 1.807) is 50.2 Å². The third-order valence-electron chi connectivity index (χ3n) is 6.36. The Labute approximate surface area is 230 Å². The summed E-state index contributed by atoms with van der Waals surface area (Å²) in [6.45, 7) is 7.43. The van der Waals surface area contributed by atoms with Gasteiger partial charge in [0.25, 0.3) is 10.0 Å². The average molecular weight is 556 g/mol. The molecule has 0 saturated heterocycles. The molecule has 1 atom stereocenters. The molecule has 0 aromatic heterocycles. The van der Waals surface area contributed by atoms with Gasteiger partial charge < -0.3 is 10.2 Å². The van der Waals surface area contributed by atoms with Gasteiger partial charge in [-0.2, -0.15) is 0 Å². The molecule has 0 aliphatic rings. The van der Waals surface area contributed by atoms with Gasteiger partial charge in [-0.25, -0.2) is 8.42 Å². The molecule has 0 saturated carbocycles. The summed E-state index contributed by atoms with van der Waals surface area (Å²) in [6, 6.07) is 19.6. The number of hydrogen-bond donors (Lipinski definition) is 1. The first-order valence-corrected chi connectivity index (χ1v) is 14.3. The normalized spacial score (nSPS) is 12.0. The van der Waals surface area contributed by atoms with Gasteiger partial charge >= 0.3 is 0 Å². The van der Waals surface area contributed by atoms with E-state index in [-0.39, 0.29) is 17.3 Å². The molecule has 3 aromatic rings. The highest BCUT2D eigenvalue weighted by molar-refractivity contribution is 7.92. The van der Waals surface area contributed by atoms with Crippen LogP contribution in [-0.2, 0) is 26.2 Å². The maximum Gasteiger partial charge on any atom is 0.264 e. The van der Waals surface area contributed by atoms with Crippen molar-refractivity contribution in [2.45, 2.75) is 51.6 Å². The predicted molar refractivity (Wildman–Crippen MR) is 152 cm³/mol. The van der Waals surface area contributed by atoms with E-state index in [1.165, 1.54) is 17.0 Å². The lowest BCUT2D eigenvalue weighted by Gasteiger charge is -2.32. The predicted octanol–water partition coefficient (Wildman–Crippen LogP) is 5.10. The second kappa shape index (κ2) is 12.9. The minimum absolute atomic E-state index is 0.0568. The van der Waals surface area contributed by atoms with E-state index in [4.69, 9.17) is 11.6 Å². The van der Waals surface area contributed by atoms with Gasteiger partial charge in [-0.05, 0) is 74.2 Å². The van der Waals surface area contributed by atoms with Crippen LogP contribution in [0.25, 0.3) is 0 Å². The number of halogens is 1. The minimum atomic E-state index is -4.12. The Balaban J connectivity index is 2.05. The van der Waals surface area contributed by atoms with Gasteiger partial charge in [0.15, 0.2) is 0 Å². The Morgan fingerprint density at radius 3 is 2.24 bits per heavy atom. The molecule has 1 N–H and O–H groups in total. The molecule has 0 aliphatic heterocycles. The Kier molecular flexibility index (Phi) is 9.94. The molecule has 3 rings (SSSR count). The number of sulfonamides is 1. The maximum absolute atomic E-state index is 13.9. The molecule has 0 heterocycles. The summed E-state index contributed by atoms with van der Waals surface area (Å²) >= 11 is 6.14. The Bertz CT molecular complexity index is 1380. The number of benzene rings is 3. The molecule has 0 bridgehead atoms. The van der Waals surface area contributed by atoms with Gasteiger partial charge in [0, 0.05) is 18.1 Å². The van der Waals surface area contributed by atoms with Gasteiger partial charge in [-0.1, -0.05) is 61.0 Å². The molecule has 38 heavy (non-hydrogen) atoms. The number of nitrogens with zero attached hydrogens (tertiary/aromatic N) is 2. The summed E-state index contributed by atoms with van der Waals surface area (Å²) in [6.07, 6.45) is 0.753. The number of aryl methyl sites for hydroxylation is 2. The lowest BCUT2D eigenvalue weighted by atomic mass is 10.1. The largest absolute Gasteiger partial charge is 0.354 e. The third-order valence-corrected chi connectivity index (χ3v) is 8.37. The second-order valence-electron chi connectivity index (χ2n) is 9.17. The van der Waals surface area contributed by atoms with Crippen LogP contribution in [0.4, 0.5) is 5.69 Å². The number of anilines is 1. The van der Waals surface area contributed by atoms with Crippen molar-refractivity contribution in [2.24, 2.45) is 0 Å². The van der Waals surface area contributed by atoms with Gasteiger partial charge in [0.05, 0.1) is 10.6 Å². The highest BCUT2D eigenvalue weighted by Gasteiger charge is 2.33. The Morgan fingerprint density at radius 1 is 0.947 bits per heavy atom. The average Bonchev–Trinajstić information content (AvgIpc) is 2.90. The van der Waals surface area contributed by atoms with E-state index in [0.29, 0.717) is 22.8 Å². The van der Waals surface area contributed by atoms with E-state index >= 15 is 0 Å². The molecule has 0 aliphatic carbocycles. The lowest BCUT2D eigenvalue weighted by Crippen LogP contribution is -2.51. The number of carbonyl (C=O) groups is 2. The zero-order valence-electron chi connectivity index (χ0n) is 22.1.